The van der Waals surface area contributed by atoms with Crippen LogP contribution in [0.4, 0.5) is 0 Å². The topological polar surface area (TPSA) is 52.8 Å². The van der Waals surface area contributed by atoms with E-state index in [-0.39, 0.29) is 0 Å². The van der Waals surface area contributed by atoms with E-state index in [0.717, 1.165) is 48.9 Å². The molecular weight excluding hydrogens is 468 g/mol. The summed E-state index contributed by atoms with van der Waals surface area (Å²) in [6, 6.07) is 14.3. The van der Waals surface area contributed by atoms with Crippen LogP contribution in [0.3, 0.4) is 0 Å². The number of aromatic nitrogens is 4. The van der Waals surface area contributed by atoms with E-state index in [1.54, 1.807) is 30.2 Å². The van der Waals surface area contributed by atoms with Crippen molar-refractivity contribution in [2.45, 2.75) is 24.8 Å². The van der Waals surface area contributed by atoms with Crippen LogP contribution in [0, 0.1) is 13.8 Å². The smallest absolute Gasteiger partial charge is 0.196 e. The molecule has 0 saturated heterocycles. The number of rotatable bonds is 6. The summed E-state index contributed by atoms with van der Waals surface area (Å²) in [5, 5.41) is 12.5. The van der Waals surface area contributed by atoms with Gasteiger partial charge in [0.15, 0.2) is 5.16 Å². The van der Waals surface area contributed by atoms with Crippen molar-refractivity contribution in [1.29, 1.82) is 0 Å². The Morgan fingerprint density at radius 3 is 2.66 bits per heavy atom. The minimum Gasteiger partial charge on any atom is -0.496 e. The number of nitrogens with zero attached hydrogens (tertiary/aromatic N) is 4. The van der Waals surface area contributed by atoms with Gasteiger partial charge >= 0.3 is 0 Å². The van der Waals surface area contributed by atoms with Crippen molar-refractivity contribution < 1.29 is 4.74 Å². The molecule has 148 valence electrons. The van der Waals surface area contributed by atoms with Crippen LogP contribution in [0.25, 0.3) is 16.3 Å². The SMILES string of the molecule is COc1ccc(Br)cc1-c1nc(CSc2nnc(C)n2-c2ccc(C)cc2)cs1. The molecule has 0 radical (unpaired) electrons. The Bertz CT molecular complexity index is 1140. The fraction of sp³-hybridized carbons (Fsp3) is 0.190. The Balaban J connectivity index is 1.55. The maximum absolute atomic E-state index is 5.49. The summed E-state index contributed by atoms with van der Waals surface area (Å²) in [4.78, 5) is 4.81. The lowest BCUT2D eigenvalue weighted by Gasteiger charge is -2.08. The predicted octanol–water partition coefficient (Wildman–Crippen LogP) is 6.07. The van der Waals surface area contributed by atoms with Gasteiger partial charge in [-0.1, -0.05) is 45.4 Å². The van der Waals surface area contributed by atoms with Crippen LogP contribution >= 0.6 is 39.0 Å². The number of thioether (sulfide) groups is 1. The van der Waals surface area contributed by atoms with Crippen LogP contribution in [-0.4, -0.2) is 26.9 Å². The highest BCUT2D eigenvalue weighted by Crippen LogP contribution is 2.35. The van der Waals surface area contributed by atoms with Crippen molar-refractivity contribution in [3.8, 4) is 22.0 Å². The van der Waals surface area contributed by atoms with Gasteiger partial charge < -0.3 is 4.74 Å². The van der Waals surface area contributed by atoms with Crippen molar-refractivity contribution >= 4 is 39.0 Å². The van der Waals surface area contributed by atoms with E-state index < -0.39 is 0 Å². The monoisotopic (exact) mass is 486 g/mol. The van der Waals surface area contributed by atoms with Gasteiger partial charge in [-0.05, 0) is 44.2 Å². The van der Waals surface area contributed by atoms with Crippen molar-refractivity contribution in [1.82, 2.24) is 19.7 Å². The molecule has 0 amide bonds. The number of benzene rings is 2. The molecule has 0 aliphatic heterocycles. The summed E-state index contributed by atoms with van der Waals surface area (Å²) >= 11 is 6.78. The molecule has 2 heterocycles. The van der Waals surface area contributed by atoms with Crippen molar-refractivity contribution in [2.24, 2.45) is 0 Å². The first kappa shape index (κ1) is 20.1. The number of aryl methyl sites for hydroxylation is 2. The zero-order valence-corrected chi connectivity index (χ0v) is 19.4. The highest BCUT2D eigenvalue weighted by Gasteiger charge is 2.14. The lowest BCUT2D eigenvalue weighted by molar-refractivity contribution is 0.416. The number of hydrogen-bond donors (Lipinski definition) is 0. The molecule has 8 heteroatoms. The fourth-order valence-corrected chi connectivity index (χ4v) is 5.11. The van der Waals surface area contributed by atoms with E-state index in [1.807, 2.05) is 25.1 Å². The van der Waals surface area contributed by atoms with E-state index in [9.17, 15) is 0 Å². The van der Waals surface area contributed by atoms with E-state index in [2.05, 4.69) is 67.3 Å². The van der Waals surface area contributed by atoms with Crippen LogP contribution in [0.2, 0.25) is 0 Å². The van der Waals surface area contributed by atoms with Gasteiger partial charge in [-0.2, -0.15) is 0 Å². The molecule has 29 heavy (non-hydrogen) atoms. The quantitative estimate of drug-likeness (QED) is 0.309. The molecule has 4 rings (SSSR count). The van der Waals surface area contributed by atoms with Gasteiger partial charge in [-0.15, -0.1) is 21.5 Å². The number of hydrogen-bond acceptors (Lipinski definition) is 6. The normalized spacial score (nSPS) is 11.0. The molecule has 2 aromatic carbocycles. The second-order valence-electron chi connectivity index (χ2n) is 6.48. The third kappa shape index (κ3) is 4.39. The van der Waals surface area contributed by atoms with Crippen molar-refractivity contribution in [3.63, 3.8) is 0 Å². The van der Waals surface area contributed by atoms with Gasteiger partial charge in [-0.25, -0.2) is 4.98 Å². The lowest BCUT2D eigenvalue weighted by Crippen LogP contribution is -1.99. The highest BCUT2D eigenvalue weighted by atomic mass is 79.9. The average molecular weight is 487 g/mol. The Labute approximate surface area is 186 Å². The summed E-state index contributed by atoms with van der Waals surface area (Å²) in [5.41, 5.74) is 4.29. The minimum absolute atomic E-state index is 0.719. The molecule has 2 aromatic heterocycles. The number of halogens is 1. The maximum Gasteiger partial charge on any atom is 0.196 e. The molecule has 0 unspecified atom stereocenters. The second-order valence-corrected chi connectivity index (χ2v) is 9.19. The predicted molar refractivity (Wildman–Crippen MR) is 122 cm³/mol. The molecule has 0 N–H and O–H groups in total. The summed E-state index contributed by atoms with van der Waals surface area (Å²) < 4.78 is 8.57. The Morgan fingerprint density at radius 1 is 1.10 bits per heavy atom. The van der Waals surface area contributed by atoms with Crippen LogP contribution in [0.1, 0.15) is 17.1 Å². The minimum atomic E-state index is 0.719. The first-order valence-electron chi connectivity index (χ1n) is 8.95. The maximum atomic E-state index is 5.49. The molecule has 4 aromatic rings. The Morgan fingerprint density at radius 2 is 1.90 bits per heavy atom. The van der Waals surface area contributed by atoms with Gasteiger partial charge in [0, 0.05) is 21.3 Å². The highest BCUT2D eigenvalue weighted by molar-refractivity contribution is 9.10. The van der Waals surface area contributed by atoms with Gasteiger partial charge in [0.05, 0.1) is 18.4 Å². The third-order valence-electron chi connectivity index (χ3n) is 4.38. The summed E-state index contributed by atoms with van der Waals surface area (Å²) in [7, 11) is 1.68. The van der Waals surface area contributed by atoms with Crippen LogP contribution in [-0.2, 0) is 5.75 Å². The van der Waals surface area contributed by atoms with Crippen molar-refractivity contribution in [3.05, 3.63) is 69.4 Å². The molecule has 0 fully saturated rings. The zero-order chi connectivity index (χ0) is 20.4. The molecule has 0 bridgehead atoms. The number of ether oxygens (including phenoxy) is 1. The van der Waals surface area contributed by atoms with E-state index in [1.165, 1.54) is 5.56 Å². The van der Waals surface area contributed by atoms with Crippen LogP contribution < -0.4 is 4.74 Å². The van der Waals surface area contributed by atoms with Gasteiger partial charge in [0.25, 0.3) is 0 Å². The number of thiazole rings is 1. The molecule has 5 nitrogen and oxygen atoms in total. The van der Waals surface area contributed by atoms with Gasteiger partial charge in [-0.3, -0.25) is 4.57 Å². The molecule has 0 aliphatic rings. The fourth-order valence-electron chi connectivity index (χ4n) is 2.91. The molecule has 0 saturated carbocycles. The lowest BCUT2D eigenvalue weighted by atomic mass is 10.2. The van der Waals surface area contributed by atoms with Crippen molar-refractivity contribution in [2.75, 3.05) is 7.11 Å². The third-order valence-corrected chi connectivity index (χ3v) is 6.76. The van der Waals surface area contributed by atoms with Crippen LogP contribution in [0.5, 0.6) is 5.75 Å². The van der Waals surface area contributed by atoms with Crippen LogP contribution in [0.15, 0.2) is 57.5 Å². The summed E-state index contributed by atoms with van der Waals surface area (Å²) in [5.74, 6) is 2.40. The van der Waals surface area contributed by atoms with Gasteiger partial charge in [0.2, 0.25) is 0 Å². The molecule has 0 atom stereocenters. The first-order valence-corrected chi connectivity index (χ1v) is 11.6. The van der Waals surface area contributed by atoms with E-state index in [4.69, 9.17) is 9.72 Å². The molecule has 0 spiro atoms. The zero-order valence-electron chi connectivity index (χ0n) is 16.2. The van der Waals surface area contributed by atoms with E-state index >= 15 is 0 Å². The second kappa shape index (κ2) is 8.69. The molecular formula is C21H19BrN4OS2. The Kier molecular flexibility index (Phi) is 6.03. The largest absolute Gasteiger partial charge is 0.496 e. The average Bonchev–Trinajstić information content (AvgIpc) is 3.34. The summed E-state index contributed by atoms with van der Waals surface area (Å²) in [6.07, 6.45) is 0. The summed E-state index contributed by atoms with van der Waals surface area (Å²) in [6.45, 7) is 4.05. The number of methoxy groups -OCH3 is 1. The first-order chi connectivity index (χ1) is 14.0. The Hall–Kier alpha value is -2.16. The van der Waals surface area contributed by atoms with Gasteiger partial charge in [0.1, 0.15) is 16.6 Å². The molecule has 0 aliphatic carbocycles. The van der Waals surface area contributed by atoms with E-state index in [0.29, 0.717) is 0 Å². The standard InChI is InChI=1S/C21H19BrN4OS2/c1-13-4-7-17(8-5-13)26-14(2)24-25-21(26)29-12-16-11-28-20(23-16)18-10-15(22)6-9-19(18)27-3/h4-11H,12H2,1-3H3.